The normalized spacial score (nSPS) is 16.4. The number of halogens is 1. The minimum absolute atomic E-state index is 0. The lowest BCUT2D eigenvalue weighted by atomic mass is 10.1. The third-order valence-corrected chi connectivity index (χ3v) is 2.81. The summed E-state index contributed by atoms with van der Waals surface area (Å²) in [4.78, 5) is 16.2. The second kappa shape index (κ2) is 5.79. The van der Waals surface area contributed by atoms with E-state index in [-0.39, 0.29) is 24.1 Å². The van der Waals surface area contributed by atoms with Crippen molar-refractivity contribution in [3.8, 4) is 0 Å². The van der Waals surface area contributed by atoms with Crippen molar-refractivity contribution in [3.05, 3.63) is 28.4 Å². The molecular formula is C10H15ClN4O2. The van der Waals surface area contributed by atoms with E-state index in [9.17, 15) is 10.1 Å². The Balaban J connectivity index is 0.00000144. The molecule has 94 valence electrons. The van der Waals surface area contributed by atoms with Gasteiger partial charge in [0, 0.05) is 25.2 Å². The third-order valence-electron chi connectivity index (χ3n) is 2.81. The van der Waals surface area contributed by atoms with E-state index in [1.165, 1.54) is 12.3 Å². The molecule has 1 aliphatic heterocycles. The number of anilines is 1. The molecule has 1 fully saturated rings. The Morgan fingerprint density at radius 2 is 2.06 bits per heavy atom. The molecule has 0 saturated carbocycles. The number of aromatic nitrogens is 1. The summed E-state index contributed by atoms with van der Waals surface area (Å²) in [6.45, 7) is 1.73. The highest BCUT2D eigenvalue weighted by Gasteiger charge is 2.17. The highest BCUT2D eigenvalue weighted by Crippen LogP contribution is 2.19. The first-order chi connectivity index (χ1) is 7.66. The first-order valence-corrected chi connectivity index (χ1v) is 5.28. The highest BCUT2D eigenvalue weighted by atomic mass is 35.5. The Hall–Kier alpha value is -1.40. The summed E-state index contributed by atoms with van der Waals surface area (Å²) in [7, 11) is 0. The van der Waals surface area contributed by atoms with E-state index < -0.39 is 4.92 Å². The number of rotatable bonds is 2. The van der Waals surface area contributed by atoms with Gasteiger partial charge in [-0.1, -0.05) is 0 Å². The molecule has 2 heterocycles. The molecule has 1 aliphatic rings. The predicted octanol–water partition coefficient (Wildman–Crippen LogP) is 1.34. The summed E-state index contributed by atoms with van der Waals surface area (Å²) in [5, 5.41) is 10.5. The zero-order valence-electron chi connectivity index (χ0n) is 9.28. The molecule has 7 heteroatoms. The topological polar surface area (TPSA) is 85.3 Å². The van der Waals surface area contributed by atoms with Gasteiger partial charge >= 0.3 is 0 Å². The fourth-order valence-electron chi connectivity index (χ4n) is 1.80. The van der Waals surface area contributed by atoms with Crippen LogP contribution in [-0.4, -0.2) is 29.0 Å². The summed E-state index contributed by atoms with van der Waals surface area (Å²) >= 11 is 0. The smallest absolute Gasteiger partial charge is 0.287 e. The van der Waals surface area contributed by atoms with Crippen molar-refractivity contribution in [1.82, 2.24) is 4.98 Å². The minimum atomic E-state index is -0.442. The first kappa shape index (κ1) is 13.7. The van der Waals surface area contributed by atoms with Crippen LogP contribution in [0.2, 0.25) is 0 Å². The lowest BCUT2D eigenvalue weighted by Crippen LogP contribution is -2.40. The van der Waals surface area contributed by atoms with Gasteiger partial charge in [0.25, 0.3) is 5.69 Å². The van der Waals surface area contributed by atoms with E-state index in [1.807, 2.05) is 0 Å². The maximum absolute atomic E-state index is 10.5. The maximum Gasteiger partial charge on any atom is 0.287 e. The van der Waals surface area contributed by atoms with Crippen molar-refractivity contribution >= 4 is 23.9 Å². The van der Waals surface area contributed by atoms with Crippen LogP contribution in [0.4, 0.5) is 11.5 Å². The van der Waals surface area contributed by atoms with Gasteiger partial charge in [0.1, 0.15) is 12.0 Å². The average Bonchev–Trinajstić information content (AvgIpc) is 2.30. The standard InChI is InChI=1S/C10H14N4O2.ClH/c11-8-3-5-13(6-4-8)10-2-1-9(7-12-10)14(15)16;/h1-2,7-8H,3-6,11H2;1H. The molecule has 1 saturated heterocycles. The second-order valence-electron chi connectivity index (χ2n) is 3.96. The summed E-state index contributed by atoms with van der Waals surface area (Å²) in [6.07, 6.45) is 3.18. The highest BCUT2D eigenvalue weighted by molar-refractivity contribution is 5.85. The predicted molar refractivity (Wildman–Crippen MR) is 67.6 cm³/mol. The van der Waals surface area contributed by atoms with Gasteiger partial charge in [-0.05, 0) is 18.9 Å². The van der Waals surface area contributed by atoms with Crippen LogP contribution in [-0.2, 0) is 0 Å². The van der Waals surface area contributed by atoms with Gasteiger partial charge in [-0.2, -0.15) is 0 Å². The molecule has 6 nitrogen and oxygen atoms in total. The SMILES string of the molecule is Cl.NC1CCN(c2ccc([N+](=O)[O-])cn2)CC1. The van der Waals surface area contributed by atoms with Crippen molar-refractivity contribution in [1.29, 1.82) is 0 Å². The van der Waals surface area contributed by atoms with E-state index in [0.29, 0.717) is 0 Å². The van der Waals surface area contributed by atoms with Crippen molar-refractivity contribution in [2.75, 3.05) is 18.0 Å². The van der Waals surface area contributed by atoms with Gasteiger partial charge < -0.3 is 10.6 Å². The number of hydrogen-bond donors (Lipinski definition) is 1. The molecule has 2 N–H and O–H groups in total. The summed E-state index contributed by atoms with van der Waals surface area (Å²) in [6, 6.07) is 3.44. The molecule has 1 aromatic rings. The van der Waals surface area contributed by atoms with Crippen LogP contribution in [0.15, 0.2) is 18.3 Å². The van der Waals surface area contributed by atoms with Gasteiger partial charge in [-0.25, -0.2) is 4.98 Å². The van der Waals surface area contributed by atoms with E-state index in [1.54, 1.807) is 6.07 Å². The Bertz CT molecular complexity index is 376. The van der Waals surface area contributed by atoms with Crippen LogP contribution in [0.1, 0.15) is 12.8 Å². The van der Waals surface area contributed by atoms with E-state index in [0.717, 1.165) is 31.7 Å². The van der Waals surface area contributed by atoms with Crippen LogP contribution in [0.3, 0.4) is 0 Å². The number of piperidine rings is 1. The van der Waals surface area contributed by atoms with Gasteiger partial charge in [-0.15, -0.1) is 12.4 Å². The number of nitrogens with zero attached hydrogens (tertiary/aromatic N) is 3. The molecule has 0 unspecified atom stereocenters. The Morgan fingerprint density at radius 1 is 1.41 bits per heavy atom. The fraction of sp³-hybridized carbons (Fsp3) is 0.500. The van der Waals surface area contributed by atoms with Crippen LogP contribution in [0.25, 0.3) is 0 Å². The maximum atomic E-state index is 10.5. The molecule has 0 amide bonds. The molecule has 0 aromatic carbocycles. The fourth-order valence-corrected chi connectivity index (χ4v) is 1.80. The first-order valence-electron chi connectivity index (χ1n) is 5.28. The Labute approximate surface area is 105 Å². The van der Waals surface area contributed by atoms with Gasteiger partial charge in [-0.3, -0.25) is 10.1 Å². The van der Waals surface area contributed by atoms with Gasteiger partial charge in [0.2, 0.25) is 0 Å². The summed E-state index contributed by atoms with van der Waals surface area (Å²) < 4.78 is 0. The van der Waals surface area contributed by atoms with Crippen molar-refractivity contribution < 1.29 is 4.92 Å². The third kappa shape index (κ3) is 3.28. The molecule has 1 aromatic heterocycles. The lowest BCUT2D eigenvalue weighted by molar-refractivity contribution is -0.385. The molecule has 17 heavy (non-hydrogen) atoms. The molecule has 0 bridgehead atoms. The van der Waals surface area contributed by atoms with Gasteiger partial charge in [0.15, 0.2) is 0 Å². The van der Waals surface area contributed by atoms with Crippen molar-refractivity contribution in [2.45, 2.75) is 18.9 Å². The number of hydrogen-bond acceptors (Lipinski definition) is 5. The average molecular weight is 259 g/mol. The monoisotopic (exact) mass is 258 g/mol. The molecule has 0 spiro atoms. The molecule has 0 radical (unpaired) electrons. The lowest BCUT2D eigenvalue weighted by Gasteiger charge is -2.30. The Kier molecular flexibility index (Phi) is 4.65. The number of nitrogens with two attached hydrogens (primary N) is 1. The largest absolute Gasteiger partial charge is 0.356 e. The van der Waals surface area contributed by atoms with Crippen LogP contribution >= 0.6 is 12.4 Å². The Morgan fingerprint density at radius 3 is 2.53 bits per heavy atom. The molecule has 0 atom stereocenters. The second-order valence-corrected chi connectivity index (χ2v) is 3.96. The number of nitro groups is 1. The van der Waals surface area contributed by atoms with E-state index >= 15 is 0 Å². The molecule has 0 aliphatic carbocycles. The van der Waals surface area contributed by atoms with Crippen LogP contribution in [0, 0.1) is 10.1 Å². The summed E-state index contributed by atoms with van der Waals surface area (Å²) in [5.74, 6) is 0.789. The quantitative estimate of drug-likeness (QED) is 0.639. The van der Waals surface area contributed by atoms with Crippen molar-refractivity contribution in [3.63, 3.8) is 0 Å². The molecule has 2 rings (SSSR count). The van der Waals surface area contributed by atoms with Crippen LogP contribution < -0.4 is 10.6 Å². The van der Waals surface area contributed by atoms with Crippen molar-refractivity contribution in [2.24, 2.45) is 5.73 Å². The molecular weight excluding hydrogens is 244 g/mol. The van der Waals surface area contributed by atoms with E-state index in [2.05, 4.69) is 9.88 Å². The summed E-state index contributed by atoms with van der Waals surface area (Å²) in [5.41, 5.74) is 5.83. The minimum Gasteiger partial charge on any atom is -0.356 e. The zero-order chi connectivity index (χ0) is 11.5. The number of pyridine rings is 1. The van der Waals surface area contributed by atoms with Gasteiger partial charge in [0.05, 0.1) is 4.92 Å². The zero-order valence-corrected chi connectivity index (χ0v) is 10.1. The van der Waals surface area contributed by atoms with E-state index in [4.69, 9.17) is 5.73 Å². The van der Waals surface area contributed by atoms with Crippen LogP contribution in [0.5, 0.6) is 0 Å².